The molecule has 4 aromatic rings. The average Bonchev–Trinajstić information content (AvgIpc) is 3.25. The Hall–Kier alpha value is -3.95. The molecular formula is C24H22ClN7O2. The number of aromatic amines is 1. The summed E-state index contributed by atoms with van der Waals surface area (Å²) in [6, 6.07) is 15.4. The Labute approximate surface area is 200 Å². The van der Waals surface area contributed by atoms with Crippen LogP contribution in [0, 0.1) is 0 Å². The maximum absolute atomic E-state index is 11.7. The number of carbonyl (C=O) groups is 1. The first kappa shape index (κ1) is 21.9. The number of ether oxygens (including phenoxy) is 1. The summed E-state index contributed by atoms with van der Waals surface area (Å²) in [5.74, 6) is 0.0938. The van der Waals surface area contributed by atoms with Crippen LogP contribution >= 0.6 is 11.6 Å². The molecule has 1 aliphatic heterocycles. The highest BCUT2D eigenvalue weighted by Crippen LogP contribution is 2.33. The first-order chi connectivity index (χ1) is 16.6. The van der Waals surface area contributed by atoms with Crippen molar-refractivity contribution in [2.45, 2.75) is 0 Å². The highest BCUT2D eigenvalue weighted by Gasteiger charge is 2.17. The second kappa shape index (κ2) is 9.50. The lowest BCUT2D eigenvalue weighted by atomic mass is 10.1. The topological polar surface area (TPSA) is 108 Å². The van der Waals surface area contributed by atoms with Gasteiger partial charge in [0.25, 0.3) is 0 Å². The van der Waals surface area contributed by atoms with E-state index in [2.05, 4.69) is 49.4 Å². The smallest absolute Gasteiger partial charge is 0.247 e. The zero-order chi connectivity index (χ0) is 23.5. The SMILES string of the molecule is C=CC(=O)Nc1cccc(-c2nc(Nc3cccc(N4CCOCC4)c3)nc3[nH]nc(Cl)c23)c1. The van der Waals surface area contributed by atoms with E-state index in [1.54, 1.807) is 6.07 Å². The number of fused-ring (bicyclic) bond motifs is 1. The Kier molecular flexibility index (Phi) is 6.11. The fourth-order valence-corrected chi connectivity index (χ4v) is 4.05. The molecule has 2 aromatic heterocycles. The molecule has 1 amide bonds. The molecular weight excluding hydrogens is 454 g/mol. The van der Waals surface area contributed by atoms with Gasteiger partial charge in [0.05, 0.1) is 24.3 Å². The molecule has 1 fully saturated rings. The molecule has 172 valence electrons. The number of anilines is 4. The molecule has 0 radical (unpaired) electrons. The van der Waals surface area contributed by atoms with Crippen molar-refractivity contribution in [2.24, 2.45) is 0 Å². The van der Waals surface area contributed by atoms with Crippen LogP contribution in [0.15, 0.2) is 61.2 Å². The van der Waals surface area contributed by atoms with Crippen LogP contribution in [-0.4, -0.2) is 52.4 Å². The summed E-state index contributed by atoms with van der Waals surface area (Å²) in [6.45, 7) is 6.62. The lowest BCUT2D eigenvalue weighted by Crippen LogP contribution is -2.36. The van der Waals surface area contributed by atoms with Crippen molar-refractivity contribution in [3.63, 3.8) is 0 Å². The molecule has 3 heterocycles. The summed E-state index contributed by atoms with van der Waals surface area (Å²) in [5.41, 5.74) is 4.41. The Morgan fingerprint density at radius 1 is 1.12 bits per heavy atom. The van der Waals surface area contributed by atoms with Gasteiger partial charge in [0.15, 0.2) is 10.8 Å². The van der Waals surface area contributed by atoms with Gasteiger partial charge in [0, 0.05) is 35.7 Å². The molecule has 5 rings (SSSR count). The van der Waals surface area contributed by atoms with Crippen LogP contribution < -0.4 is 15.5 Å². The molecule has 0 spiro atoms. The van der Waals surface area contributed by atoms with Crippen LogP contribution in [0.25, 0.3) is 22.3 Å². The number of nitrogens with zero attached hydrogens (tertiary/aromatic N) is 4. The van der Waals surface area contributed by atoms with E-state index >= 15 is 0 Å². The third-order valence-electron chi connectivity index (χ3n) is 5.44. The molecule has 2 aromatic carbocycles. The summed E-state index contributed by atoms with van der Waals surface area (Å²) < 4.78 is 5.46. The predicted octanol–water partition coefficient (Wildman–Crippen LogP) is 4.38. The molecule has 1 aliphatic rings. The van der Waals surface area contributed by atoms with E-state index < -0.39 is 0 Å². The molecule has 0 aliphatic carbocycles. The van der Waals surface area contributed by atoms with Gasteiger partial charge < -0.3 is 20.3 Å². The fraction of sp³-hybridized carbons (Fsp3) is 0.167. The minimum absolute atomic E-state index is 0.270. The third-order valence-corrected chi connectivity index (χ3v) is 5.72. The summed E-state index contributed by atoms with van der Waals surface area (Å²) in [6.07, 6.45) is 1.22. The van der Waals surface area contributed by atoms with Crippen molar-refractivity contribution in [3.05, 3.63) is 66.3 Å². The lowest BCUT2D eigenvalue weighted by Gasteiger charge is -2.29. The van der Waals surface area contributed by atoms with Crippen LogP contribution in [-0.2, 0) is 9.53 Å². The minimum Gasteiger partial charge on any atom is -0.378 e. The number of hydrogen-bond donors (Lipinski definition) is 3. The van der Waals surface area contributed by atoms with Crippen LogP contribution in [0.4, 0.5) is 23.0 Å². The van der Waals surface area contributed by atoms with E-state index in [0.29, 0.717) is 41.6 Å². The van der Waals surface area contributed by atoms with Gasteiger partial charge in [-0.25, -0.2) is 4.98 Å². The van der Waals surface area contributed by atoms with Crippen molar-refractivity contribution in [1.29, 1.82) is 0 Å². The fourth-order valence-electron chi connectivity index (χ4n) is 3.83. The van der Waals surface area contributed by atoms with E-state index in [9.17, 15) is 4.79 Å². The van der Waals surface area contributed by atoms with Crippen LogP contribution in [0.2, 0.25) is 5.15 Å². The number of aromatic nitrogens is 4. The number of morpholine rings is 1. The van der Waals surface area contributed by atoms with Gasteiger partial charge in [0.1, 0.15) is 0 Å². The van der Waals surface area contributed by atoms with Crippen molar-refractivity contribution in [3.8, 4) is 11.3 Å². The second-order valence-corrected chi connectivity index (χ2v) is 8.04. The van der Waals surface area contributed by atoms with E-state index in [0.717, 1.165) is 30.0 Å². The van der Waals surface area contributed by atoms with Crippen molar-refractivity contribution < 1.29 is 9.53 Å². The maximum atomic E-state index is 11.7. The number of H-pyrrole nitrogens is 1. The second-order valence-electron chi connectivity index (χ2n) is 7.68. The van der Waals surface area contributed by atoms with E-state index in [-0.39, 0.29) is 11.1 Å². The van der Waals surface area contributed by atoms with Crippen LogP contribution in [0.1, 0.15) is 0 Å². The quantitative estimate of drug-likeness (QED) is 0.355. The first-order valence-electron chi connectivity index (χ1n) is 10.8. The zero-order valence-corrected chi connectivity index (χ0v) is 19.0. The predicted molar refractivity (Wildman–Crippen MR) is 134 cm³/mol. The number of hydrogen-bond acceptors (Lipinski definition) is 7. The summed E-state index contributed by atoms with van der Waals surface area (Å²) in [4.78, 5) is 23.3. The minimum atomic E-state index is -0.297. The van der Waals surface area contributed by atoms with E-state index in [1.807, 2.05) is 30.3 Å². The Morgan fingerprint density at radius 3 is 2.74 bits per heavy atom. The number of carbonyl (C=O) groups excluding carboxylic acids is 1. The van der Waals surface area contributed by atoms with Crippen molar-refractivity contribution >= 4 is 51.6 Å². The number of nitrogens with one attached hydrogen (secondary N) is 3. The number of halogens is 1. The number of rotatable bonds is 6. The van der Waals surface area contributed by atoms with E-state index in [4.69, 9.17) is 21.3 Å². The van der Waals surface area contributed by atoms with Gasteiger partial charge in [-0.1, -0.05) is 36.4 Å². The molecule has 3 N–H and O–H groups in total. The first-order valence-corrected chi connectivity index (χ1v) is 11.1. The summed E-state index contributed by atoms with van der Waals surface area (Å²) >= 11 is 6.35. The van der Waals surface area contributed by atoms with Crippen LogP contribution in [0.5, 0.6) is 0 Å². The van der Waals surface area contributed by atoms with Gasteiger partial charge in [0.2, 0.25) is 11.9 Å². The summed E-state index contributed by atoms with van der Waals surface area (Å²) in [5, 5.41) is 13.9. The molecule has 0 saturated carbocycles. The van der Waals surface area contributed by atoms with Gasteiger partial charge in [-0.3, -0.25) is 9.89 Å². The normalized spacial score (nSPS) is 13.6. The Balaban J connectivity index is 1.50. The molecule has 34 heavy (non-hydrogen) atoms. The highest BCUT2D eigenvalue weighted by atomic mass is 35.5. The van der Waals surface area contributed by atoms with Gasteiger partial charge in [-0.2, -0.15) is 10.1 Å². The standard InChI is InChI=1S/C24H22ClN7O2/c1-2-19(33)26-16-6-3-5-15(13-16)21-20-22(25)30-31-23(20)29-24(28-21)27-17-7-4-8-18(14-17)32-9-11-34-12-10-32/h2-8,13-14H,1,9-12H2,(H,26,33)(H2,27,28,29,30,31). The largest absolute Gasteiger partial charge is 0.378 e. The van der Waals surface area contributed by atoms with Crippen LogP contribution in [0.3, 0.4) is 0 Å². The Bertz CT molecular complexity index is 1360. The number of amides is 1. The van der Waals surface area contributed by atoms with Gasteiger partial charge >= 0.3 is 0 Å². The van der Waals surface area contributed by atoms with Crippen molar-refractivity contribution in [2.75, 3.05) is 41.8 Å². The zero-order valence-electron chi connectivity index (χ0n) is 18.2. The monoisotopic (exact) mass is 475 g/mol. The number of benzene rings is 2. The average molecular weight is 476 g/mol. The molecule has 0 atom stereocenters. The molecule has 1 saturated heterocycles. The van der Waals surface area contributed by atoms with E-state index in [1.165, 1.54) is 6.08 Å². The molecule has 0 unspecified atom stereocenters. The maximum Gasteiger partial charge on any atom is 0.247 e. The molecule has 9 nitrogen and oxygen atoms in total. The molecule has 0 bridgehead atoms. The Morgan fingerprint density at radius 2 is 1.91 bits per heavy atom. The highest BCUT2D eigenvalue weighted by molar-refractivity contribution is 6.35. The molecule has 10 heteroatoms. The third kappa shape index (κ3) is 4.57. The summed E-state index contributed by atoms with van der Waals surface area (Å²) in [7, 11) is 0. The van der Waals surface area contributed by atoms with Crippen molar-refractivity contribution in [1.82, 2.24) is 20.2 Å². The lowest BCUT2D eigenvalue weighted by molar-refractivity contribution is -0.111. The van der Waals surface area contributed by atoms with Gasteiger partial charge in [-0.15, -0.1) is 0 Å². The van der Waals surface area contributed by atoms with Gasteiger partial charge in [-0.05, 0) is 36.4 Å².